The molecule has 47 heavy (non-hydrogen) atoms. The number of carboxylic acid groups (broad SMARTS) is 1. The number of likely N-dealkylation sites (tertiary alicyclic amines) is 1. The Kier molecular flexibility index (Phi) is 9.43. The zero-order valence-corrected chi connectivity index (χ0v) is 26.6. The van der Waals surface area contributed by atoms with Gasteiger partial charge in [-0.15, -0.1) is 0 Å². The van der Waals surface area contributed by atoms with Crippen molar-refractivity contribution in [3.63, 3.8) is 0 Å². The Balaban J connectivity index is 1.12. The number of imidazole rings is 1. The second kappa shape index (κ2) is 13.7. The molecule has 0 amide bonds. The van der Waals surface area contributed by atoms with Gasteiger partial charge in [-0.25, -0.2) is 23.5 Å². The molecule has 1 aliphatic heterocycles. The van der Waals surface area contributed by atoms with E-state index in [4.69, 9.17) is 26.1 Å². The number of carbonyl (C=O) groups is 1. The molecule has 1 saturated carbocycles. The Morgan fingerprint density at radius 3 is 2.62 bits per heavy atom. The average molecular weight is 662 g/mol. The maximum atomic E-state index is 14.5. The number of aliphatic carboxylic acids is 1. The Labute approximate surface area is 276 Å². The van der Waals surface area contributed by atoms with Crippen LogP contribution < -0.4 is 9.47 Å². The molecule has 1 N–H and O–H groups in total. The van der Waals surface area contributed by atoms with Crippen molar-refractivity contribution in [3.8, 4) is 17.7 Å². The van der Waals surface area contributed by atoms with E-state index in [1.165, 1.54) is 30.3 Å². The number of rotatable bonds is 12. The van der Waals surface area contributed by atoms with Gasteiger partial charge in [0.25, 0.3) is 0 Å². The van der Waals surface area contributed by atoms with Crippen molar-refractivity contribution in [1.82, 2.24) is 19.4 Å². The average Bonchev–Trinajstić information content (AvgIpc) is 3.72. The molecule has 0 unspecified atom stereocenters. The lowest BCUT2D eigenvalue weighted by Crippen LogP contribution is -2.38. The van der Waals surface area contributed by atoms with Crippen molar-refractivity contribution in [2.45, 2.75) is 64.8 Å². The zero-order valence-electron chi connectivity index (χ0n) is 25.9. The second-order valence-electron chi connectivity index (χ2n) is 12.4. The van der Waals surface area contributed by atoms with Crippen molar-refractivity contribution in [2.75, 3.05) is 13.1 Å². The number of nitriles is 1. The van der Waals surface area contributed by atoms with Crippen LogP contribution in [-0.4, -0.2) is 49.7 Å². The van der Waals surface area contributed by atoms with Crippen molar-refractivity contribution < 1.29 is 28.2 Å². The Morgan fingerprint density at radius 2 is 1.91 bits per heavy atom. The summed E-state index contributed by atoms with van der Waals surface area (Å²) in [5, 5.41) is 18.9. The van der Waals surface area contributed by atoms with Gasteiger partial charge in [-0.3, -0.25) is 4.90 Å². The Bertz CT molecular complexity index is 1880. The van der Waals surface area contributed by atoms with Crippen LogP contribution in [0.25, 0.3) is 16.6 Å². The van der Waals surface area contributed by atoms with Crippen LogP contribution in [0.3, 0.4) is 0 Å². The molecule has 0 atom stereocenters. The lowest BCUT2D eigenvalue weighted by Gasteiger charge is -2.32. The fourth-order valence-electron chi connectivity index (χ4n) is 5.98. The molecular formula is C35H34ClF2N5O4. The van der Waals surface area contributed by atoms with E-state index in [9.17, 15) is 23.9 Å². The molecule has 2 aliphatic rings. The summed E-state index contributed by atoms with van der Waals surface area (Å²) in [5.41, 5.74) is 3.18. The van der Waals surface area contributed by atoms with Crippen LogP contribution in [0.2, 0.25) is 5.02 Å². The third-order valence-corrected chi connectivity index (χ3v) is 9.10. The maximum absolute atomic E-state index is 14.5. The fraction of sp³-hybridized carbons (Fsp3) is 0.371. The normalized spacial score (nSPS) is 16.6. The largest absolute Gasteiger partial charge is 0.484 e. The van der Waals surface area contributed by atoms with Gasteiger partial charge in [-0.1, -0.05) is 17.7 Å². The lowest BCUT2D eigenvalue weighted by molar-refractivity contribution is -0.131. The molecule has 6 rings (SSSR count). The number of aromatic nitrogens is 3. The highest BCUT2D eigenvalue weighted by molar-refractivity contribution is 6.30. The summed E-state index contributed by atoms with van der Waals surface area (Å²) in [6.07, 6.45) is 4.99. The highest BCUT2D eigenvalue weighted by Crippen LogP contribution is 2.50. The summed E-state index contributed by atoms with van der Waals surface area (Å²) in [7, 11) is 0. The van der Waals surface area contributed by atoms with Gasteiger partial charge in [0.15, 0.2) is 11.6 Å². The van der Waals surface area contributed by atoms with Crippen LogP contribution in [0.1, 0.15) is 56.1 Å². The number of piperidine rings is 1. The predicted octanol–water partition coefficient (Wildman–Crippen LogP) is 7.17. The molecule has 1 saturated heterocycles. The summed E-state index contributed by atoms with van der Waals surface area (Å²) in [4.78, 5) is 22.9. The number of hydrogen-bond acceptors (Lipinski definition) is 7. The summed E-state index contributed by atoms with van der Waals surface area (Å²) >= 11 is 5.79. The fourth-order valence-corrected chi connectivity index (χ4v) is 6.14. The highest BCUT2D eigenvalue weighted by Gasteiger charge is 2.43. The van der Waals surface area contributed by atoms with Gasteiger partial charge in [0.1, 0.15) is 30.0 Å². The number of allylic oxidation sites excluding steroid dienone is 1. The quantitative estimate of drug-likeness (QED) is 0.159. The summed E-state index contributed by atoms with van der Waals surface area (Å²) in [6, 6.07) is 14.9. The van der Waals surface area contributed by atoms with E-state index >= 15 is 0 Å². The van der Waals surface area contributed by atoms with E-state index in [1.54, 1.807) is 6.92 Å². The van der Waals surface area contributed by atoms with E-state index in [0.717, 1.165) is 67.3 Å². The van der Waals surface area contributed by atoms with Gasteiger partial charge in [0, 0.05) is 48.6 Å². The van der Waals surface area contributed by atoms with Crippen LogP contribution in [0, 0.1) is 28.4 Å². The molecule has 2 aromatic heterocycles. The molecule has 244 valence electrons. The van der Waals surface area contributed by atoms with Crippen LogP contribution in [0.4, 0.5) is 8.78 Å². The van der Waals surface area contributed by atoms with E-state index < -0.39 is 17.6 Å². The minimum absolute atomic E-state index is 0.00910. The first kappa shape index (κ1) is 32.4. The number of nitrogens with zero attached hydrogens (tertiary/aromatic N) is 5. The number of ether oxygens (including phenoxy) is 2. The minimum atomic E-state index is -0.995. The molecule has 9 nitrogen and oxygen atoms in total. The van der Waals surface area contributed by atoms with Gasteiger partial charge in [0.2, 0.25) is 5.88 Å². The molecule has 2 aromatic carbocycles. The van der Waals surface area contributed by atoms with E-state index in [2.05, 4.69) is 20.5 Å². The van der Waals surface area contributed by atoms with Gasteiger partial charge >= 0.3 is 5.97 Å². The number of benzene rings is 2. The topological polar surface area (TPSA) is 114 Å². The van der Waals surface area contributed by atoms with Crippen LogP contribution in [0.15, 0.2) is 54.6 Å². The van der Waals surface area contributed by atoms with E-state index in [-0.39, 0.29) is 40.5 Å². The molecule has 4 aromatic rings. The first-order chi connectivity index (χ1) is 22.6. The zero-order chi connectivity index (χ0) is 33.1. The number of pyridine rings is 1. The lowest BCUT2D eigenvalue weighted by atomic mass is 10.0. The van der Waals surface area contributed by atoms with Crippen molar-refractivity contribution in [1.29, 1.82) is 5.26 Å². The standard InChI is InChI=1S/C35H34ClF2N5O4/c1-22(16-34(44)45)23-2-5-28-30(17-23)43(21-35(10-11-35)12-13-39)32(40-28)19-42-14-8-25(9-15-42)47-33-7-4-26(37)29(41-33)20-46-31-6-3-24(36)18-27(31)38/h2-7,16-18,25H,8-12,14-15,19-21H2,1H3,(H,44,45)/b22-16+. The molecule has 12 heteroatoms. The SMILES string of the molecule is C/C(=C\C(=O)O)c1ccc2nc(CN3CCC(Oc4ccc(F)c(COc5ccc(Cl)cc5F)n4)CC3)n(CC3(CC#N)CC3)c2c1. The monoisotopic (exact) mass is 661 g/mol. The second-order valence-corrected chi connectivity index (χ2v) is 12.8. The van der Waals surface area contributed by atoms with Crippen molar-refractivity contribution in [2.24, 2.45) is 5.41 Å². The highest BCUT2D eigenvalue weighted by atomic mass is 35.5. The molecular weight excluding hydrogens is 628 g/mol. The van der Waals surface area contributed by atoms with E-state index in [0.29, 0.717) is 25.1 Å². The number of carboxylic acids is 1. The molecule has 0 radical (unpaired) electrons. The van der Waals surface area contributed by atoms with Gasteiger partial charge in [0.05, 0.1) is 23.6 Å². The molecule has 1 aliphatic carbocycles. The summed E-state index contributed by atoms with van der Waals surface area (Å²) in [6.45, 7) is 4.30. The Morgan fingerprint density at radius 1 is 1.13 bits per heavy atom. The number of halogens is 3. The summed E-state index contributed by atoms with van der Waals surface area (Å²) < 4.78 is 42.3. The van der Waals surface area contributed by atoms with Crippen LogP contribution >= 0.6 is 11.6 Å². The number of fused-ring (bicyclic) bond motifs is 1. The smallest absolute Gasteiger partial charge is 0.328 e. The first-order valence-electron chi connectivity index (χ1n) is 15.5. The van der Waals surface area contributed by atoms with Crippen molar-refractivity contribution in [3.05, 3.63) is 88.3 Å². The van der Waals surface area contributed by atoms with Crippen molar-refractivity contribution >= 4 is 34.2 Å². The first-order valence-corrected chi connectivity index (χ1v) is 15.9. The van der Waals surface area contributed by atoms with Gasteiger partial charge in [-0.05, 0) is 80.1 Å². The van der Waals surface area contributed by atoms with Crippen LogP contribution in [0.5, 0.6) is 11.6 Å². The third kappa shape index (κ3) is 7.72. The molecule has 2 fully saturated rings. The van der Waals surface area contributed by atoms with Gasteiger partial charge in [-0.2, -0.15) is 5.26 Å². The Hall–Kier alpha value is -4.53. The third-order valence-electron chi connectivity index (χ3n) is 8.87. The van der Waals surface area contributed by atoms with E-state index in [1.807, 2.05) is 18.2 Å². The summed E-state index contributed by atoms with van der Waals surface area (Å²) in [5.74, 6) is -1.09. The maximum Gasteiger partial charge on any atom is 0.328 e. The predicted molar refractivity (Wildman–Crippen MR) is 172 cm³/mol. The van der Waals surface area contributed by atoms with Crippen LogP contribution in [-0.2, 0) is 24.5 Å². The van der Waals surface area contributed by atoms with Gasteiger partial charge < -0.3 is 19.1 Å². The molecule has 0 bridgehead atoms. The molecule has 0 spiro atoms. The molecule has 3 heterocycles. The number of hydrogen-bond donors (Lipinski definition) is 1. The minimum Gasteiger partial charge on any atom is -0.484 e.